The van der Waals surface area contributed by atoms with Crippen LogP contribution in [-0.4, -0.2) is 12.5 Å². The lowest BCUT2D eigenvalue weighted by Crippen LogP contribution is -2.34. The van der Waals surface area contributed by atoms with Gasteiger partial charge in [-0.1, -0.05) is 37.6 Å². The maximum atomic E-state index is 12.4. The van der Waals surface area contributed by atoms with Gasteiger partial charge in [-0.3, -0.25) is 4.79 Å². The van der Waals surface area contributed by atoms with Gasteiger partial charge in [0, 0.05) is 17.5 Å². The molecule has 150 valence electrons. The number of amides is 1. The minimum atomic E-state index is -0.369. The third-order valence-corrected chi connectivity index (χ3v) is 5.40. The predicted molar refractivity (Wildman–Crippen MR) is 112 cm³/mol. The molecule has 0 aliphatic heterocycles. The van der Waals surface area contributed by atoms with Crippen LogP contribution in [0, 0.1) is 0 Å². The molecule has 0 spiro atoms. The standard InChI is InChI=1S/C24H25NO4/c1-2-6-17-13-24(27)29-22-14-18(11-12-20(17)22)28-15-23(26)25-21-10-5-8-16-7-3-4-9-19(16)21/h3-4,7,9,11-14,21H,2,5-6,8,10,15H2,1H3,(H,25,26)/t21-/m1/s1. The Morgan fingerprint density at radius 2 is 2.07 bits per heavy atom. The average molecular weight is 391 g/mol. The van der Waals surface area contributed by atoms with Crippen LogP contribution >= 0.6 is 0 Å². The highest BCUT2D eigenvalue weighted by atomic mass is 16.5. The second-order valence-corrected chi connectivity index (χ2v) is 7.50. The van der Waals surface area contributed by atoms with E-state index in [9.17, 15) is 9.59 Å². The Balaban J connectivity index is 1.43. The van der Waals surface area contributed by atoms with Gasteiger partial charge in [-0.15, -0.1) is 0 Å². The van der Waals surface area contributed by atoms with Crippen molar-refractivity contribution in [2.45, 2.75) is 45.1 Å². The number of carbonyl (C=O) groups is 1. The van der Waals surface area contributed by atoms with Gasteiger partial charge in [0.05, 0.1) is 6.04 Å². The Labute approximate surface area is 169 Å². The first kappa shape index (κ1) is 19.2. The summed E-state index contributed by atoms with van der Waals surface area (Å²) in [5.41, 5.74) is 3.59. The van der Waals surface area contributed by atoms with Crippen molar-refractivity contribution >= 4 is 16.9 Å². The van der Waals surface area contributed by atoms with E-state index >= 15 is 0 Å². The Bertz CT molecular complexity index is 1090. The molecule has 5 nitrogen and oxygen atoms in total. The minimum absolute atomic E-state index is 0.0299. The number of benzene rings is 2. The fraction of sp³-hybridized carbons (Fsp3) is 0.333. The fourth-order valence-electron chi connectivity index (χ4n) is 4.06. The number of ether oxygens (including phenoxy) is 1. The van der Waals surface area contributed by atoms with Gasteiger partial charge in [0.1, 0.15) is 11.3 Å². The molecule has 1 amide bonds. The molecule has 0 bridgehead atoms. The molecule has 5 heteroatoms. The van der Waals surface area contributed by atoms with Gasteiger partial charge in [0.25, 0.3) is 5.91 Å². The summed E-state index contributed by atoms with van der Waals surface area (Å²) in [5, 5.41) is 3.98. The Morgan fingerprint density at radius 3 is 2.93 bits per heavy atom. The molecule has 1 aromatic heterocycles. The lowest BCUT2D eigenvalue weighted by Gasteiger charge is -2.26. The molecule has 0 saturated carbocycles. The highest BCUT2D eigenvalue weighted by Crippen LogP contribution is 2.29. The van der Waals surface area contributed by atoms with Gasteiger partial charge < -0.3 is 14.5 Å². The van der Waals surface area contributed by atoms with Crippen molar-refractivity contribution in [2.24, 2.45) is 0 Å². The lowest BCUT2D eigenvalue weighted by atomic mass is 9.88. The SMILES string of the molecule is CCCc1cc(=O)oc2cc(OCC(=O)N[C@@H]3CCCc4ccccc43)ccc12. The van der Waals surface area contributed by atoms with Crippen LogP contribution in [0.5, 0.6) is 5.75 Å². The van der Waals surface area contributed by atoms with Crippen LogP contribution in [0.15, 0.2) is 57.7 Å². The molecule has 1 atom stereocenters. The van der Waals surface area contributed by atoms with E-state index in [1.807, 2.05) is 24.3 Å². The molecular weight excluding hydrogens is 366 g/mol. The topological polar surface area (TPSA) is 68.5 Å². The summed E-state index contributed by atoms with van der Waals surface area (Å²) >= 11 is 0. The summed E-state index contributed by atoms with van der Waals surface area (Å²) < 4.78 is 11.0. The van der Waals surface area contributed by atoms with Gasteiger partial charge in [-0.2, -0.15) is 0 Å². The van der Waals surface area contributed by atoms with Crippen LogP contribution in [0.4, 0.5) is 0 Å². The highest BCUT2D eigenvalue weighted by molar-refractivity contribution is 5.82. The summed E-state index contributed by atoms with van der Waals surface area (Å²) in [6, 6.07) is 15.2. The van der Waals surface area contributed by atoms with Gasteiger partial charge >= 0.3 is 5.63 Å². The van der Waals surface area contributed by atoms with Crippen molar-refractivity contribution < 1.29 is 13.9 Å². The van der Waals surface area contributed by atoms with Crippen LogP contribution in [-0.2, 0) is 17.6 Å². The fourth-order valence-corrected chi connectivity index (χ4v) is 4.06. The van der Waals surface area contributed by atoms with Crippen LogP contribution < -0.4 is 15.7 Å². The number of carbonyl (C=O) groups excluding carboxylic acids is 1. The summed E-state index contributed by atoms with van der Waals surface area (Å²) in [5.74, 6) is 0.349. The summed E-state index contributed by atoms with van der Waals surface area (Å²) in [6.45, 7) is 1.99. The predicted octanol–water partition coefficient (Wildman–Crippen LogP) is 4.32. The number of hydrogen-bond acceptors (Lipinski definition) is 4. The maximum absolute atomic E-state index is 12.4. The van der Waals surface area contributed by atoms with E-state index in [1.54, 1.807) is 12.1 Å². The smallest absolute Gasteiger partial charge is 0.336 e. The number of hydrogen-bond donors (Lipinski definition) is 1. The number of nitrogens with one attached hydrogen (secondary N) is 1. The first-order valence-corrected chi connectivity index (χ1v) is 10.2. The van der Waals surface area contributed by atoms with Crippen LogP contribution in [0.2, 0.25) is 0 Å². The normalized spacial score (nSPS) is 15.7. The van der Waals surface area contributed by atoms with Gasteiger partial charge in [0.15, 0.2) is 6.61 Å². The third-order valence-electron chi connectivity index (χ3n) is 5.40. The van der Waals surface area contributed by atoms with Gasteiger partial charge in [-0.05, 0) is 54.5 Å². The maximum Gasteiger partial charge on any atom is 0.336 e. The van der Waals surface area contributed by atoms with E-state index in [1.165, 1.54) is 11.1 Å². The molecule has 0 saturated heterocycles. The number of rotatable bonds is 6. The number of fused-ring (bicyclic) bond motifs is 2. The van der Waals surface area contributed by atoms with E-state index in [0.29, 0.717) is 11.3 Å². The van der Waals surface area contributed by atoms with E-state index in [0.717, 1.165) is 43.1 Å². The van der Waals surface area contributed by atoms with Crippen molar-refractivity contribution in [3.63, 3.8) is 0 Å². The van der Waals surface area contributed by atoms with E-state index in [2.05, 4.69) is 24.4 Å². The third kappa shape index (κ3) is 4.34. The summed E-state index contributed by atoms with van der Waals surface area (Å²) in [7, 11) is 0. The van der Waals surface area contributed by atoms with E-state index in [4.69, 9.17) is 9.15 Å². The summed E-state index contributed by atoms with van der Waals surface area (Å²) in [6.07, 6.45) is 4.81. The molecule has 1 heterocycles. The lowest BCUT2D eigenvalue weighted by molar-refractivity contribution is -0.123. The highest BCUT2D eigenvalue weighted by Gasteiger charge is 2.21. The molecule has 1 N–H and O–H groups in total. The molecule has 0 radical (unpaired) electrons. The van der Waals surface area contributed by atoms with Gasteiger partial charge in [-0.25, -0.2) is 4.79 Å². The molecule has 0 fully saturated rings. The minimum Gasteiger partial charge on any atom is -0.484 e. The van der Waals surface area contributed by atoms with E-state index < -0.39 is 0 Å². The zero-order chi connectivity index (χ0) is 20.2. The number of aryl methyl sites for hydroxylation is 2. The molecular formula is C24H25NO4. The van der Waals surface area contributed by atoms with Gasteiger partial charge in [0.2, 0.25) is 0 Å². The van der Waals surface area contributed by atoms with Crippen molar-refractivity contribution in [1.29, 1.82) is 0 Å². The molecule has 0 unspecified atom stereocenters. The Hall–Kier alpha value is -3.08. The van der Waals surface area contributed by atoms with Crippen molar-refractivity contribution in [3.05, 3.63) is 75.6 Å². The molecule has 1 aliphatic rings. The largest absolute Gasteiger partial charge is 0.484 e. The van der Waals surface area contributed by atoms with E-state index in [-0.39, 0.29) is 24.2 Å². The zero-order valence-electron chi connectivity index (χ0n) is 16.6. The second kappa shape index (κ2) is 8.52. The molecule has 4 rings (SSSR count). The van der Waals surface area contributed by atoms with Crippen LogP contribution in [0.25, 0.3) is 11.0 Å². The van der Waals surface area contributed by atoms with Crippen LogP contribution in [0.1, 0.15) is 48.9 Å². The monoisotopic (exact) mass is 391 g/mol. The average Bonchev–Trinajstić information content (AvgIpc) is 2.72. The Kier molecular flexibility index (Phi) is 5.65. The van der Waals surface area contributed by atoms with Crippen molar-refractivity contribution in [3.8, 4) is 5.75 Å². The zero-order valence-corrected chi connectivity index (χ0v) is 16.6. The van der Waals surface area contributed by atoms with Crippen molar-refractivity contribution in [1.82, 2.24) is 5.32 Å². The molecule has 29 heavy (non-hydrogen) atoms. The molecule has 2 aromatic carbocycles. The van der Waals surface area contributed by atoms with Crippen LogP contribution in [0.3, 0.4) is 0 Å². The first-order valence-electron chi connectivity index (χ1n) is 10.2. The molecule has 3 aromatic rings. The summed E-state index contributed by atoms with van der Waals surface area (Å²) in [4.78, 5) is 24.2. The molecule has 1 aliphatic carbocycles. The van der Waals surface area contributed by atoms with Crippen molar-refractivity contribution in [2.75, 3.05) is 6.61 Å². The quantitative estimate of drug-likeness (QED) is 0.636. The second-order valence-electron chi connectivity index (χ2n) is 7.50. The first-order chi connectivity index (χ1) is 14.1. The Morgan fingerprint density at radius 1 is 1.21 bits per heavy atom.